The fourth-order valence-electron chi connectivity index (χ4n) is 5.58. The van der Waals surface area contributed by atoms with Crippen LogP contribution in [0.15, 0.2) is 33.9 Å². The number of hydrogen-bond acceptors (Lipinski definition) is 5. The summed E-state index contributed by atoms with van der Waals surface area (Å²) in [5, 5.41) is 21.3. The summed E-state index contributed by atoms with van der Waals surface area (Å²) in [7, 11) is 0. The van der Waals surface area contributed by atoms with Crippen LogP contribution in [-0.4, -0.2) is 32.4 Å². The molecule has 0 aliphatic rings. The fourth-order valence-corrected chi connectivity index (χ4v) is 7.00. The molecule has 0 saturated carbocycles. The van der Waals surface area contributed by atoms with Crippen molar-refractivity contribution in [1.29, 1.82) is 0 Å². The van der Waals surface area contributed by atoms with E-state index in [1.807, 2.05) is 31.2 Å². The van der Waals surface area contributed by atoms with Gasteiger partial charge in [0.15, 0.2) is 5.58 Å². The van der Waals surface area contributed by atoms with Gasteiger partial charge in [-0.1, -0.05) is 128 Å². The predicted octanol–water partition coefficient (Wildman–Crippen LogP) is 9.36. The summed E-state index contributed by atoms with van der Waals surface area (Å²) in [5.41, 5.74) is 0.0711. The third-order valence-electron chi connectivity index (χ3n) is 7.71. The Morgan fingerprint density at radius 1 is 0.842 bits per heavy atom. The lowest BCUT2D eigenvalue weighted by molar-refractivity contribution is -0.164. The van der Waals surface area contributed by atoms with Gasteiger partial charge in [0.25, 0.3) is 5.22 Å². The van der Waals surface area contributed by atoms with Gasteiger partial charge < -0.3 is 14.6 Å². The van der Waals surface area contributed by atoms with Crippen molar-refractivity contribution in [2.75, 3.05) is 0 Å². The average Bonchev–Trinajstić information content (AvgIpc) is 3.30. The molecular formula is C31H49NO5S. The van der Waals surface area contributed by atoms with Crippen molar-refractivity contribution in [2.45, 2.75) is 134 Å². The quantitative estimate of drug-likeness (QED) is 0.112. The molecule has 0 fully saturated rings. The van der Waals surface area contributed by atoms with Gasteiger partial charge in [-0.3, -0.25) is 9.59 Å². The number of nitrogens with zero attached hydrogens (tertiary/aromatic N) is 1. The van der Waals surface area contributed by atoms with Crippen molar-refractivity contribution in [3.05, 3.63) is 24.3 Å². The van der Waals surface area contributed by atoms with Crippen LogP contribution in [0.1, 0.15) is 124 Å². The molecule has 38 heavy (non-hydrogen) atoms. The van der Waals surface area contributed by atoms with E-state index in [4.69, 9.17) is 4.42 Å². The Balaban J connectivity index is 2.33. The minimum absolute atomic E-state index is 0.398. The van der Waals surface area contributed by atoms with E-state index in [0.717, 1.165) is 76.1 Å². The SMILES string of the molecule is CCCCCCCCC(CCCCCCCC)(C(=O)O)C(C(=O)O)C(CCC)Sc1nc2ccccc2o1. The van der Waals surface area contributed by atoms with E-state index in [1.165, 1.54) is 24.6 Å². The Morgan fingerprint density at radius 2 is 1.39 bits per heavy atom. The maximum Gasteiger partial charge on any atom is 0.310 e. The molecule has 0 amide bonds. The van der Waals surface area contributed by atoms with Crippen molar-refractivity contribution >= 4 is 34.8 Å². The van der Waals surface area contributed by atoms with Crippen LogP contribution < -0.4 is 0 Å². The lowest BCUT2D eigenvalue weighted by Gasteiger charge is -2.39. The molecule has 0 radical (unpaired) electrons. The number of oxazole rings is 1. The second-order valence-corrected chi connectivity index (χ2v) is 11.9. The largest absolute Gasteiger partial charge is 0.481 e. The maximum atomic E-state index is 13.1. The topological polar surface area (TPSA) is 101 Å². The maximum absolute atomic E-state index is 13.1. The van der Waals surface area contributed by atoms with Gasteiger partial charge in [-0.05, 0) is 31.4 Å². The number of thioether (sulfide) groups is 1. The first-order chi connectivity index (χ1) is 18.4. The normalized spacial score (nSPS) is 13.6. The number of carboxylic acid groups (broad SMARTS) is 2. The summed E-state index contributed by atoms with van der Waals surface area (Å²) in [6.45, 7) is 6.37. The molecule has 2 N–H and O–H groups in total. The zero-order valence-electron chi connectivity index (χ0n) is 23.8. The zero-order chi connectivity index (χ0) is 27.8. The first-order valence-corrected chi connectivity index (χ1v) is 15.8. The van der Waals surface area contributed by atoms with Gasteiger partial charge >= 0.3 is 11.9 Å². The standard InChI is InChI=1S/C31H49NO5S/c1-4-7-9-11-13-17-22-31(29(35)36,23-18-14-12-10-8-5-2)27(28(33)34)26(19-6-3)38-30-32-24-20-15-16-21-25(24)37-30/h15-16,20-21,26-27H,4-14,17-19,22-23H2,1-3H3,(H,33,34)(H,35,36). The lowest BCUT2D eigenvalue weighted by Crippen LogP contribution is -2.47. The minimum atomic E-state index is -1.31. The molecule has 7 heteroatoms. The average molecular weight is 548 g/mol. The van der Waals surface area contributed by atoms with Gasteiger partial charge in [-0.2, -0.15) is 0 Å². The molecule has 6 nitrogen and oxygen atoms in total. The molecule has 1 aromatic carbocycles. The van der Waals surface area contributed by atoms with E-state index >= 15 is 0 Å². The van der Waals surface area contributed by atoms with E-state index in [-0.39, 0.29) is 0 Å². The summed E-state index contributed by atoms with van der Waals surface area (Å²) in [6.07, 6.45) is 14.6. The van der Waals surface area contributed by atoms with Gasteiger partial charge in [-0.15, -0.1) is 0 Å². The fraction of sp³-hybridized carbons (Fsp3) is 0.710. The van der Waals surface area contributed by atoms with Gasteiger partial charge in [0.2, 0.25) is 0 Å². The number of para-hydroxylation sites is 2. The summed E-state index contributed by atoms with van der Waals surface area (Å²) in [6, 6.07) is 7.47. The van der Waals surface area contributed by atoms with Crippen LogP contribution in [0.2, 0.25) is 0 Å². The second-order valence-electron chi connectivity index (χ2n) is 10.7. The van der Waals surface area contributed by atoms with Crippen molar-refractivity contribution in [3.8, 4) is 0 Å². The Morgan fingerprint density at radius 3 is 1.89 bits per heavy atom. The van der Waals surface area contributed by atoms with E-state index in [1.54, 1.807) is 0 Å². The number of rotatable bonds is 22. The minimum Gasteiger partial charge on any atom is -0.481 e. The van der Waals surface area contributed by atoms with Crippen molar-refractivity contribution < 1.29 is 24.2 Å². The van der Waals surface area contributed by atoms with Crippen molar-refractivity contribution in [3.63, 3.8) is 0 Å². The summed E-state index contributed by atoms with van der Waals surface area (Å²) >= 11 is 1.30. The van der Waals surface area contributed by atoms with Gasteiger partial charge in [0.05, 0.1) is 11.3 Å². The van der Waals surface area contributed by atoms with Crippen LogP contribution in [0.25, 0.3) is 11.1 Å². The molecule has 2 aromatic rings. The molecule has 2 atom stereocenters. The molecule has 1 aromatic heterocycles. The van der Waals surface area contributed by atoms with Crippen LogP contribution in [0.3, 0.4) is 0 Å². The van der Waals surface area contributed by atoms with Crippen LogP contribution >= 0.6 is 11.8 Å². The van der Waals surface area contributed by atoms with E-state index < -0.39 is 28.5 Å². The van der Waals surface area contributed by atoms with Crippen LogP contribution in [-0.2, 0) is 9.59 Å². The monoisotopic (exact) mass is 547 g/mol. The number of fused-ring (bicyclic) bond motifs is 1. The highest BCUT2D eigenvalue weighted by Gasteiger charge is 2.52. The Labute approximate surface area is 233 Å². The number of carboxylic acids is 2. The van der Waals surface area contributed by atoms with Gasteiger partial charge in [0.1, 0.15) is 5.52 Å². The van der Waals surface area contributed by atoms with Gasteiger partial charge in [0, 0.05) is 5.25 Å². The highest BCUT2D eigenvalue weighted by molar-refractivity contribution is 7.99. The highest BCUT2D eigenvalue weighted by Crippen LogP contribution is 2.47. The number of hydrogen-bond donors (Lipinski definition) is 2. The molecule has 2 unspecified atom stereocenters. The molecule has 214 valence electrons. The Kier molecular flexibility index (Phi) is 14.9. The third kappa shape index (κ3) is 9.62. The third-order valence-corrected chi connectivity index (χ3v) is 8.90. The summed E-state index contributed by atoms with van der Waals surface area (Å²) in [4.78, 5) is 30.6. The first-order valence-electron chi connectivity index (χ1n) is 14.9. The zero-order valence-corrected chi connectivity index (χ0v) is 24.6. The van der Waals surface area contributed by atoms with Crippen LogP contribution in [0.5, 0.6) is 0 Å². The molecule has 0 aliphatic heterocycles. The molecule has 2 rings (SSSR count). The smallest absolute Gasteiger partial charge is 0.310 e. The molecule has 0 saturated heterocycles. The molecule has 0 aliphatic carbocycles. The van der Waals surface area contributed by atoms with Crippen molar-refractivity contribution in [1.82, 2.24) is 4.98 Å². The molecule has 0 spiro atoms. The van der Waals surface area contributed by atoms with E-state index in [9.17, 15) is 19.8 Å². The number of aliphatic carboxylic acids is 2. The summed E-state index contributed by atoms with van der Waals surface area (Å²) in [5.74, 6) is -3.01. The first kappa shape index (κ1) is 32.2. The Bertz CT molecular complexity index is 910. The predicted molar refractivity (Wildman–Crippen MR) is 156 cm³/mol. The van der Waals surface area contributed by atoms with Crippen LogP contribution in [0, 0.1) is 11.3 Å². The number of carbonyl (C=O) groups is 2. The van der Waals surface area contributed by atoms with Crippen molar-refractivity contribution in [2.24, 2.45) is 11.3 Å². The number of aromatic nitrogens is 1. The number of unbranched alkanes of at least 4 members (excludes halogenated alkanes) is 10. The molecule has 1 heterocycles. The lowest BCUT2D eigenvalue weighted by atomic mass is 9.66. The van der Waals surface area contributed by atoms with Crippen LogP contribution in [0.4, 0.5) is 0 Å². The van der Waals surface area contributed by atoms with E-state index in [0.29, 0.717) is 30.1 Å². The molecular weight excluding hydrogens is 498 g/mol. The second kappa shape index (κ2) is 17.5. The number of benzene rings is 1. The van der Waals surface area contributed by atoms with E-state index in [2.05, 4.69) is 18.8 Å². The Hall–Kier alpha value is -2.02. The highest BCUT2D eigenvalue weighted by atomic mass is 32.2. The molecule has 0 bridgehead atoms. The van der Waals surface area contributed by atoms with Gasteiger partial charge in [-0.25, -0.2) is 4.98 Å². The summed E-state index contributed by atoms with van der Waals surface area (Å²) < 4.78 is 5.93.